The highest BCUT2D eigenvalue weighted by Crippen LogP contribution is 2.22. The fraction of sp³-hybridized carbons (Fsp3) is 0.292. The molecule has 10 heteroatoms. The summed E-state index contributed by atoms with van der Waals surface area (Å²) in [5, 5.41) is 14.1. The van der Waals surface area contributed by atoms with Crippen molar-refractivity contribution in [3.63, 3.8) is 0 Å². The van der Waals surface area contributed by atoms with Gasteiger partial charge in [0.05, 0.1) is 5.92 Å². The van der Waals surface area contributed by atoms with Gasteiger partial charge in [-0.15, -0.1) is 10.2 Å². The summed E-state index contributed by atoms with van der Waals surface area (Å²) in [6.45, 7) is 3.30. The number of rotatable bonds is 6. The molecule has 3 amide bonds. The van der Waals surface area contributed by atoms with Gasteiger partial charge in [-0.25, -0.2) is 0 Å². The largest absolute Gasteiger partial charge is 0.352 e. The number of carbonyl (C=O) groups excluding carboxylic acids is 3. The predicted octanol–water partition coefficient (Wildman–Crippen LogP) is 3.92. The third kappa shape index (κ3) is 5.98. The molecule has 2 heterocycles. The van der Waals surface area contributed by atoms with Gasteiger partial charge in [-0.05, 0) is 43.5 Å². The second-order valence-corrected chi connectivity index (χ2v) is 9.59. The Balaban J connectivity index is 1.34. The van der Waals surface area contributed by atoms with Gasteiger partial charge in [-0.2, -0.15) is 0 Å². The van der Waals surface area contributed by atoms with Crippen molar-refractivity contribution in [2.75, 3.05) is 18.4 Å². The van der Waals surface area contributed by atoms with Crippen LogP contribution in [0.4, 0.5) is 5.69 Å². The summed E-state index contributed by atoms with van der Waals surface area (Å²) < 4.78 is 0. The number of benzene rings is 2. The van der Waals surface area contributed by atoms with Crippen LogP contribution in [-0.2, 0) is 11.3 Å². The first-order valence-electron chi connectivity index (χ1n) is 10.9. The highest BCUT2D eigenvalue weighted by molar-refractivity contribution is 7.15. The molecule has 1 aliphatic heterocycles. The molecule has 8 nitrogen and oxygen atoms in total. The molecule has 1 aliphatic rings. The molecule has 1 saturated heterocycles. The Morgan fingerprint density at radius 2 is 1.91 bits per heavy atom. The lowest BCUT2D eigenvalue weighted by molar-refractivity contribution is -0.126. The lowest BCUT2D eigenvalue weighted by Gasteiger charge is -2.31. The van der Waals surface area contributed by atoms with Crippen molar-refractivity contribution in [2.45, 2.75) is 26.3 Å². The maximum Gasteiger partial charge on any atom is 0.286 e. The predicted molar refractivity (Wildman–Crippen MR) is 131 cm³/mol. The molecule has 3 aromatic rings. The van der Waals surface area contributed by atoms with E-state index in [0.717, 1.165) is 28.9 Å². The summed E-state index contributed by atoms with van der Waals surface area (Å²) in [5.74, 6) is -1.15. The topological polar surface area (TPSA) is 104 Å². The molecule has 0 radical (unpaired) electrons. The number of carbonyl (C=O) groups is 3. The lowest BCUT2D eigenvalue weighted by Crippen LogP contribution is -2.45. The Bertz CT molecular complexity index is 1210. The van der Waals surface area contributed by atoms with Crippen molar-refractivity contribution >= 4 is 46.3 Å². The fourth-order valence-electron chi connectivity index (χ4n) is 3.82. The maximum absolute atomic E-state index is 13.0. The van der Waals surface area contributed by atoms with Crippen molar-refractivity contribution in [1.29, 1.82) is 0 Å². The number of amides is 3. The molecule has 176 valence electrons. The molecule has 1 unspecified atom stereocenters. The van der Waals surface area contributed by atoms with Gasteiger partial charge < -0.3 is 15.5 Å². The van der Waals surface area contributed by atoms with E-state index < -0.39 is 5.91 Å². The highest BCUT2D eigenvalue weighted by atomic mass is 35.5. The molecule has 1 aromatic heterocycles. The number of hydrogen-bond acceptors (Lipinski definition) is 6. The number of nitrogens with one attached hydrogen (secondary N) is 2. The quantitative estimate of drug-likeness (QED) is 0.537. The van der Waals surface area contributed by atoms with E-state index in [1.807, 2.05) is 31.2 Å². The summed E-state index contributed by atoms with van der Waals surface area (Å²) >= 11 is 6.87. The molecule has 1 fully saturated rings. The van der Waals surface area contributed by atoms with Gasteiger partial charge in [0.15, 0.2) is 0 Å². The number of nitrogens with zero attached hydrogens (tertiary/aromatic N) is 3. The Morgan fingerprint density at radius 3 is 2.71 bits per heavy atom. The van der Waals surface area contributed by atoms with E-state index in [2.05, 4.69) is 20.8 Å². The zero-order valence-corrected chi connectivity index (χ0v) is 20.2. The van der Waals surface area contributed by atoms with Crippen LogP contribution in [0, 0.1) is 12.8 Å². The van der Waals surface area contributed by atoms with Crippen LogP contribution in [0.2, 0.25) is 5.02 Å². The minimum absolute atomic E-state index is 0.0714. The van der Waals surface area contributed by atoms with Crippen molar-refractivity contribution < 1.29 is 14.4 Å². The molecule has 34 heavy (non-hydrogen) atoms. The lowest BCUT2D eigenvalue weighted by atomic mass is 9.97. The highest BCUT2D eigenvalue weighted by Gasteiger charge is 2.30. The van der Waals surface area contributed by atoms with E-state index in [0.29, 0.717) is 36.8 Å². The zero-order valence-electron chi connectivity index (χ0n) is 18.6. The van der Waals surface area contributed by atoms with Crippen molar-refractivity contribution in [2.24, 2.45) is 5.92 Å². The Hall–Kier alpha value is -3.30. The number of likely N-dealkylation sites (tertiary alicyclic amines) is 1. The van der Waals surface area contributed by atoms with Crippen molar-refractivity contribution in [3.05, 3.63) is 74.7 Å². The number of anilines is 1. The number of piperidine rings is 1. The van der Waals surface area contributed by atoms with Gasteiger partial charge in [0.2, 0.25) is 15.9 Å². The van der Waals surface area contributed by atoms with Gasteiger partial charge in [0.25, 0.3) is 11.8 Å². The molecule has 0 aliphatic carbocycles. The van der Waals surface area contributed by atoms with E-state index >= 15 is 0 Å². The van der Waals surface area contributed by atoms with Crippen molar-refractivity contribution in [3.8, 4) is 0 Å². The van der Waals surface area contributed by atoms with Crippen LogP contribution in [0.5, 0.6) is 0 Å². The SMILES string of the molecule is Cc1cccc(CNC(=O)C2CCCN(C(=O)c3nnc(C(=O)Nc4cccc(Cl)c4)s3)C2)c1. The second-order valence-electron chi connectivity index (χ2n) is 8.17. The standard InChI is InChI=1S/C24H24ClN5O3S/c1-15-5-2-6-16(11-15)13-26-20(31)17-7-4-10-30(14-17)24(33)23-29-28-22(34-23)21(32)27-19-9-3-8-18(25)12-19/h2-3,5-6,8-9,11-12,17H,4,7,10,13-14H2,1H3,(H,26,31)(H,27,32). The summed E-state index contributed by atoms with van der Waals surface area (Å²) in [7, 11) is 0. The molecule has 1 atom stereocenters. The van der Waals surface area contributed by atoms with Gasteiger partial charge >= 0.3 is 0 Å². The Morgan fingerprint density at radius 1 is 1.12 bits per heavy atom. The number of aryl methyl sites for hydroxylation is 1. The van der Waals surface area contributed by atoms with E-state index in [4.69, 9.17) is 11.6 Å². The van der Waals surface area contributed by atoms with E-state index in [1.54, 1.807) is 29.2 Å². The third-order valence-corrected chi connectivity index (χ3v) is 6.66. The minimum Gasteiger partial charge on any atom is -0.352 e. The summed E-state index contributed by atoms with van der Waals surface area (Å²) in [6, 6.07) is 14.7. The van der Waals surface area contributed by atoms with Crippen LogP contribution in [0.25, 0.3) is 0 Å². The van der Waals surface area contributed by atoms with E-state index in [9.17, 15) is 14.4 Å². The average Bonchev–Trinajstić information content (AvgIpc) is 3.33. The van der Waals surface area contributed by atoms with E-state index in [1.165, 1.54) is 0 Å². The molecule has 4 rings (SSSR count). The summed E-state index contributed by atoms with van der Waals surface area (Å²) in [5.41, 5.74) is 2.70. The Labute approximate surface area is 206 Å². The van der Waals surface area contributed by atoms with Crippen LogP contribution < -0.4 is 10.6 Å². The third-order valence-electron chi connectivity index (χ3n) is 5.51. The minimum atomic E-state index is -0.467. The van der Waals surface area contributed by atoms with Gasteiger partial charge in [0.1, 0.15) is 0 Å². The van der Waals surface area contributed by atoms with Crippen molar-refractivity contribution in [1.82, 2.24) is 20.4 Å². The summed E-state index contributed by atoms with van der Waals surface area (Å²) in [4.78, 5) is 39.8. The Kier molecular flexibility index (Phi) is 7.54. The van der Waals surface area contributed by atoms with E-state index in [-0.39, 0.29) is 27.7 Å². The monoisotopic (exact) mass is 497 g/mol. The van der Waals surface area contributed by atoms with Crippen LogP contribution in [0.3, 0.4) is 0 Å². The molecule has 0 bridgehead atoms. The molecule has 0 saturated carbocycles. The summed E-state index contributed by atoms with van der Waals surface area (Å²) in [6.07, 6.45) is 1.43. The maximum atomic E-state index is 13.0. The van der Waals surface area contributed by atoms with Gasteiger partial charge in [0, 0.05) is 30.3 Å². The molecule has 2 N–H and O–H groups in total. The normalized spacial score (nSPS) is 15.6. The average molecular weight is 498 g/mol. The van der Waals surface area contributed by atoms with Crippen LogP contribution in [0.15, 0.2) is 48.5 Å². The molecule has 0 spiro atoms. The first-order valence-corrected chi connectivity index (χ1v) is 12.1. The molecular formula is C24H24ClN5O3S. The molecule has 2 aromatic carbocycles. The van der Waals surface area contributed by atoms with Gasteiger partial charge in [-0.1, -0.05) is 58.8 Å². The first kappa shape index (κ1) is 23.8. The first-order chi connectivity index (χ1) is 16.4. The molecular weight excluding hydrogens is 474 g/mol. The fourth-order valence-corrected chi connectivity index (χ4v) is 4.72. The van der Waals surface area contributed by atoms with Crippen LogP contribution in [0.1, 0.15) is 43.6 Å². The van der Waals surface area contributed by atoms with Crippen LogP contribution >= 0.6 is 22.9 Å². The smallest absolute Gasteiger partial charge is 0.286 e. The number of halogens is 1. The number of hydrogen-bond donors (Lipinski definition) is 2. The number of aromatic nitrogens is 2. The second kappa shape index (κ2) is 10.8. The van der Waals surface area contributed by atoms with Gasteiger partial charge in [-0.3, -0.25) is 14.4 Å². The van der Waals surface area contributed by atoms with Crippen LogP contribution in [-0.4, -0.2) is 45.9 Å². The zero-order chi connectivity index (χ0) is 24.1.